The molecule has 0 amide bonds. The van der Waals surface area contributed by atoms with Gasteiger partial charge < -0.3 is 10.8 Å². The highest BCUT2D eigenvalue weighted by Gasteiger charge is 1.98. The van der Waals surface area contributed by atoms with E-state index in [1.807, 2.05) is 24.3 Å². The Hall–Kier alpha value is -0.860. The Bertz CT molecular complexity index is 235. The third kappa shape index (κ3) is 2.32. The SMILES string of the molecule is NCCCc1ccccc1CO. The van der Waals surface area contributed by atoms with Gasteiger partial charge in [-0.3, -0.25) is 0 Å². The second kappa shape index (κ2) is 4.91. The Morgan fingerprint density at radius 3 is 2.42 bits per heavy atom. The molecule has 0 aromatic heterocycles. The van der Waals surface area contributed by atoms with Gasteiger partial charge in [-0.25, -0.2) is 0 Å². The van der Waals surface area contributed by atoms with Gasteiger partial charge in [0.15, 0.2) is 0 Å². The lowest BCUT2D eigenvalue weighted by Gasteiger charge is -2.05. The van der Waals surface area contributed by atoms with Crippen LogP contribution in [0.1, 0.15) is 17.5 Å². The predicted molar refractivity (Wildman–Crippen MR) is 49.7 cm³/mol. The van der Waals surface area contributed by atoms with E-state index in [0.29, 0.717) is 6.54 Å². The number of rotatable bonds is 4. The summed E-state index contributed by atoms with van der Waals surface area (Å²) in [5.41, 5.74) is 7.64. The van der Waals surface area contributed by atoms with E-state index >= 15 is 0 Å². The molecule has 0 aliphatic rings. The van der Waals surface area contributed by atoms with Crippen molar-refractivity contribution in [2.75, 3.05) is 6.54 Å². The molecule has 0 atom stereocenters. The van der Waals surface area contributed by atoms with Crippen LogP contribution >= 0.6 is 0 Å². The zero-order valence-electron chi connectivity index (χ0n) is 7.16. The molecular formula is C10H15NO. The van der Waals surface area contributed by atoms with Crippen molar-refractivity contribution >= 4 is 0 Å². The van der Waals surface area contributed by atoms with Gasteiger partial charge in [0.05, 0.1) is 6.61 Å². The molecular weight excluding hydrogens is 150 g/mol. The number of hydrogen-bond donors (Lipinski definition) is 2. The minimum absolute atomic E-state index is 0.126. The van der Waals surface area contributed by atoms with Crippen LogP contribution in [0.15, 0.2) is 24.3 Å². The van der Waals surface area contributed by atoms with E-state index in [2.05, 4.69) is 0 Å². The minimum atomic E-state index is 0.126. The Morgan fingerprint density at radius 1 is 1.17 bits per heavy atom. The predicted octanol–water partition coefficient (Wildman–Crippen LogP) is 1.07. The maximum absolute atomic E-state index is 8.99. The lowest BCUT2D eigenvalue weighted by molar-refractivity contribution is 0.280. The van der Waals surface area contributed by atoms with E-state index in [1.54, 1.807) is 0 Å². The van der Waals surface area contributed by atoms with Gasteiger partial charge in [-0.05, 0) is 30.5 Å². The molecule has 2 nitrogen and oxygen atoms in total. The van der Waals surface area contributed by atoms with Crippen molar-refractivity contribution in [1.29, 1.82) is 0 Å². The van der Waals surface area contributed by atoms with Crippen molar-refractivity contribution in [2.45, 2.75) is 19.4 Å². The molecule has 0 fully saturated rings. The third-order valence-electron chi connectivity index (χ3n) is 1.94. The van der Waals surface area contributed by atoms with E-state index in [4.69, 9.17) is 10.8 Å². The summed E-state index contributed by atoms with van der Waals surface area (Å²) >= 11 is 0. The average Bonchev–Trinajstić information content (AvgIpc) is 2.15. The fourth-order valence-corrected chi connectivity index (χ4v) is 1.25. The molecule has 1 aromatic carbocycles. The Morgan fingerprint density at radius 2 is 1.83 bits per heavy atom. The molecule has 0 saturated heterocycles. The first-order valence-corrected chi connectivity index (χ1v) is 4.26. The van der Waals surface area contributed by atoms with Gasteiger partial charge in [0.2, 0.25) is 0 Å². The molecule has 3 N–H and O–H groups in total. The molecule has 2 heteroatoms. The molecule has 0 aliphatic carbocycles. The van der Waals surface area contributed by atoms with Crippen molar-refractivity contribution < 1.29 is 5.11 Å². The topological polar surface area (TPSA) is 46.2 Å². The highest BCUT2D eigenvalue weighted by molar-refractivity contribution is 5.26. The van der Waals surface area contributed by atoms with Crippen molar-refractivity contribution in [3.05, 3.63) is 35.4 Å². The van der Waals surface area contributed by atoms with Gasteiger partial charge in [-0.1, -0.05) is 24.3 Å². The van der Waals surface area contributed by atoms with Crippen LogP contribution in [0.2, 0.25) is 0 Å². The molecule has 0 radical (unpaired) electrons. The van der Waals surface area contributed by atoms with Crippen molar-refractivity contribution in [2.24, 2.45) is 5.73 Å². The Labute approximate surface area is 73.0 Å². The van der Waals surface area contributed by atoms with Crippen LogP contribution in [0.4, 0.5) is 0 Å². The highest BCUT2D eigenvalue weighted by atomic mass is 16.3. The van der Waals surface area contributed by atoms with Crippen molar-refractivity contribution in [3.63, 3.8) is 0 Å². The molecule has 0 saturated carbocycles. The zero-order chi connectivity index (χ0) is 8.81. The lowest BCUT2D eigenvalue weighted by atomic mass is 10.0. The summed E-state index contributed by atoms with van der Waals surface area (Å²) < 4.78 is 0. The maximum Gasteiger partial charge on any atom is 0.0684 e. The molecule has 12 heavy (non-hydrogen) atoms. The first-order chi connectivity index (χ1) is 5.88. The third-order valence-corrected chi connectivity index (χ3v) is 1.94. The number of benzene rings is 1. The normalized spacial score (nSPS) is 10.2. The second-order valence-corrected chi connectivity index (χ2v) is 2.82. The summed E-state index contributed by atoms with van der Waals surface area (Å²) in [6.07, 6.45) is 1.95. The van der Waals surface area contributed by atoms with Gasteiger partial charge in [0, 0.05) is 0 Å². The van der Waals surface area contributed by atoms with Crippen molar-refractivity contribution in [1.82, 2.24) is 0 Å². The summed E-state index contributed by atoms with van der Waals surface area (Å²) in [6, 6.07) is 7.93. The van der Waals surface area contributed by atoms with Crippen LogP contribution in [0.5, 0.6) is 0 Å². The first kappa shape index (κ1) is 9.23. The fraction of sp³-hybridized carbons (Fsp3) is 0.400. The quantitative estimate of drug-likeness (QED) is 0.701. The fourth-order valence-electron chi connectivity index (χ4n) is 1.25. The number of aliphatic hydroxyl groups is 1. The molecule has 0 spiro atoms. The van der Waals surface area contributed by atoms with Crippen LogP contribution in [0.3, 0.4) is 0 Å². The lowest BCUT2D eigenvalue weighted by Crippen LogP contribution is -2.02. The second-order valence-electron chi connectivity index (χ2n) is 2.82. The monoisotopic (exact) mass is 165 g/mol. The molecule has 0 bridgehead atoms. The van der Waals surface area contributed by atoms with Gasteiger partial charge in [-0.15, -0.1) is 0 Å². The number of nitrogens with two attached hydrogens (primary N) is 1. The molecule has 1 aromatic rings. The molecule has 1 rings (SSSR count). The number of aliphatic hydroxyl groups excluding tert-OH is 1. The average molecular weight is 165 g/mol. The Kier molecular flexibility index (Phi) is 3.77. The first-order valence-electron chi connectivity index (χ1n) is 4.26. The van der Waals surface area contributed by atoms with Gasteiger partial charge in [0.25, 0.3) is 0 Å². The number of aryl methyl sites for hydroxylation is 1. The van der Waals surface area contributed by atoms with E-state index in [-0.39, 0.29) is 6.61 Å². The molecule has 0 heterocycles. The van der Waals surface area contributed by atoms with Crippen LogP contribution in [0, 0.1) is 0 Å². The van der Waals surface area contributed by atoms with Crippen LogP contribution in [-0.2, 0) is 13.0 Å². The smallest absolute Gasteiger partial charge is 0.0684 e. The Balaban J connectivity index is 2.68. The van der Waals surface area contributed by atoms with Crippen LogP contribution < -0.4 is 5.73 Å². The largest absolute Gasteiger partial charge is 0.392 e. The summed E-state index contributed by atoms with van der Waals surface area (Å²) in [4.78, 5) is 0. The number of hydrogen-bond acceptors (Lipinski definition) is 2. The van der Waals surface area contributed by atoms with Crippen LogP contribution in [0.25, 0.3) is 0 Å². The standard InChI is InChI=1S/C10H15NO/c11-7-3-6-9-4-1-2-5-10(9)8-12/h1-2,4-5,12H,3,6-8,11H2. The zero-order valence-corrected chi connectivity index (χ0v) is 7.16. The maximum atomic E-state index is 8.99. The van der Waals surface area contributed by atoms with E-state index < -0.39 is 0 Å². The molecule has 0 unspecified atom stereocenters. The minimum Gasteiger partial charge on any atom is -0.392 e. The van der Waals surface area contributed by atoms with Gasteiger partial charge in [0.1, 0.15) is 0 Å². The van der Waals surface area contributed by atoms with E-state index in [1.165, 1.54) is 5.56 Å². The van der Waals surface area contributed by atoms with Crippen molar-refractivity contribution in [3.8, 4) is 0 Å². The summed E-state index contributed by atoms with van der Waals surface area (Å²) in [7, 11) is 0. The highest BCUT2D eigenvalue weighted by Crippen LogP contribution is 2.10. The van der Waals surface area contributed by atoms with E-state index in [0.717, 1.165) is 18.4 Å². The summed E-state index contributed by atoms with van der Waals surface area (Å²) in [5.74, 6) is 0. The van der Waals surface area contributed by atoms with Gasteiger partial charge in [-0.2, -0.15) is 0 Å². The van der Waals surface area contributed by atoms with Crippen LogP contribution in [-0.4, -0.2) is 11.7 Å². The molecule has 66 valence electrons. The summed E-state index contributed by atoms with van der Waals surface area (Å²) in [6.45, 7) is 0.834. The molecule has 0 aliphatic heterocycles. The van der Waals surface area contributed by atoms with E-state index in [9.17, 15) is 0 Å². The van der Waals surface area contributed by atoms with Gasteiger partial charge >= 0.3 is 0 Å². The summed E-state index contributed by atoms with van der Waals surface area (Å²) in [5, 5.41) is 8.99.